The summed E-state index contributed by atoms with van der Waals surface area (Å²) in [7, 11) is -3.46. The van der Waals surface area contributed by atoms with Gasteiger partial charge in [0.1, 0.15) is 0 Å². The Morgan fingerprint density at radius 2 is 1.64 bits per heavy atom. The summed E-state index contributed by atoms with van der Waals surface area (Å²) in [5.74, 6) is -0.0130. The second-order valence-electron chi connectivity index (χ2n) is 8.71. The van der Waals surface area contributed by atoms with Gasteiger partial charge in [0, 0.05) is 43.9 Å². The van der Waals surface area contributed by atoms with Gasteiger partial charge in [-0.2, -0.15) is 4.31 Å². The number of nitrogens with zero attached hydrogens (tertiary/aromatic N) is 2. The minimum absolute atomic E-state index is 0.111. The van der Waals surface area contributed by atoms with E-state index in [1.807, 2.05) is 24.3 Å². The summed E-state index contributed by atoms with van der Waals surface area (Å²) in [6, 6.07) is 14.2. The maximum absolute atomic E-state index is 12.9. The SMILES string of the molecule is O=C(CCc1ccc(S(=O)(=O)N2CCCCCC2)cc1)Nc1cccc(N2CCCC2=O)c1. The summed E-state index contributed by atoms with van der Waals surface area (Å²) >= 11 is 0. The molecule has 33 heavy (non-hydrogen) atoms. The molecule has 0 aliphatic carbocycles. The topological polar surface area (TPSA) is 86.8 Å². The van der Waals surface area contributed by atoms with Gasteiger partial charge in [0.05, 0.1) is 4.90 Å². The van der Waals surface area contributed by atoms with Crippen molar-refractivity contribution in [2.24, 2.45) is 0 Å². The van der Waals surface area contributed by atoms with Crippen LogP contribution >= 0.6 is 0 Å². The van der Waals surface area contributed by atoms with Gasteiger partial charge in [0.15, 0.2) is 0 Å². The van der Waals surface area contributed by atoms with Gasteiger partial charge >= 0.3 is 0 Å². The lowest BCUT2D eigenvalue weighted by molar-refractivity contribution is -0.117. The molecule has 7 nitrogen and oxygen atoms in total. The van der Waals surface area contributed by atoms with Gasteiger partial charge < -0.3 is 10.2 Å². The van der Waals surface area contributed by atoms with Gasteiger partial charge in [0.25, 0.3) is 0 Å². The first-order valence-corrected chi connectivity index (χ1v) is 13.2. The van der Waals surface area contributed by atoms with Crippen molar-refractivity contribution in [1.29, 1.82) is 0 Å². The van der Waals surface area contributed by atoms with Crippen LogP contribution in [0.25, 0.3) is 0 Å². The van der Waals surface area contributed by atoms with Crippen molar-refractivity contribution in [2.45, 2.75) is 56.3 Å². The van der Waals surface area contributed by atoms with Gasteiger partial charge in [-0.1, -0.05) is 31.0 Å². The minimum atomic E-state index is -3.46. The lowest BCUT2D eigenvalue weighted by Crippen LogP contribution is -2.31. The number of hydrogen-bond acceptors (Lipinski definition) is 4. The monoisotopic (exact) mass is 469 g/mol. The number of aryl methyl sites for hydroxylation is 1. The number of sulfonamides is 1. The molecule has 8 heteroatoms. The van der Waals surface area contributed by atoms with Crippen molar-refractivity contribution >= 4 is 33.2 Å². The van der Waals surface area contributed by atoms with Crippen molar-refractivity contribution in [3.63, 3.8) is 0 Å². The van der Waals surface area contributed by atoms with E-state index in [0.717, 1.165) is 43.4 Å². The predicted octanol–water partition coefficient (Wildman–Crippen LogP) is 3.95. The van der Waals surface area contributed by atoms with Crippen LogP contribution in [-0.2, 0) is 26.0 Å². The fourth-order valence-electron chi connectivity index (χ4n) is 4.41. The first-order chi connectivity index (χ1) is 15.9. The number of nitrogens with one attached hydrogen (secondary N) is 1. The summed E-state index contributed by atoms with van der Waals surface area (Å²) in [4.78, 5) is 26.5. The number of hydrogen-bond donors (Lipinski definition) is 1. The molecule has 0 atom stereocenters. The molecule has 2 aromatic carbocycles. The first kappa shape index (κ1) is 23.4. The van der Waals surface area contributed by atoms with E-state index in [9.17, 15) is 18.0 Å². The van der Waals surface area contributed by atoms with Gasteiger partial charge in [-0.15, -0.1) is 0 Å². The van der Waals surface area contributed by atoms with Crippen LogP contribution in [0.15, 0.2) is 53.4 Å². The number of rotatable bonds is 7. The summed E-state index contributed by atoms with van der Waals surface area (Å²) in [5, 5.41) is 2.90. The molecule has 176 valence electrons. The molecule has 0 spiro atoms. The zero-order chi connectivity index (χ0) is 23.3. The predicted molar refractivity (Wildman–Crippen MR) is 129 cm³/mol. The Morgan fingerprint density at radius 1 is 0.909 bits per heavy atom. The second-order valence-corrected chi connectivity index (χ2v) is 10.6. The van der Waals surface area contributed by atoms with Crippen molar-refractivity contribution < 1.29 is 18.0 Å². The molecule has 4 rings (SSSR count). The largest absolute Gasteiger partial charge is 0.326 e. The highest BCUT2D eigenvalue weighted by Crippen LogP contribution is 2.25. The van der Waals surface area contributed by atoms with Crippen LogP contribution < -0.4 is 10.2 Å². The third-order valence-electron chi connectivity index (χ3n) is 6.28. The number of carbonyl (C=O) groups is 2. The van der Waals surface area contributed by atoms with Crippen LogP contribution in [0.1, 0.15) is 50.5 Å². The molecule has 2 aliphatic heterocycles. The van der Waals surface area contributed by atoms with Crippen LogP contribution in [0.5, 0.6) is 0 Å². The van der Waals surface area contributed by atoms with Gasteiger partial charge in [-0.05, 0) is 61.6 Å². The molecule has 2 amide bonds. The lowest BCUT2D eigenvalue weighted by Gasteiger charge is -2.20. The Balaban J connectivity index is 1.32. The molecule has 2 heterocycles. The van der Waals surface area contributed by atoms with Crippen LogP contribution in [-0.4, -0.2) is 44.2 Å². The van der Waals surface area contributed by atoms with E-state index in [1.165, 1.54) is 0 Å². The van der Waals surface area contributed by atoms with Crippen molar-refractivity contribution in [1.82, 2.24) is 4.31 Å². The van der Waals surface area contributed by atoms with Gasteiger partial charge in [-0.3, -0.25) is 9.59 Å². The fourth-order valence-corrected chi connectivity index (χ4v) is 5.93. The minimum Gasteiger partial charge on any atom is -0.326 e. The highest BCUT2D eigenvalue weighted by molar-refractivity contribution is 7.89. The standard InChI is InChI=1S/C25H31N3O4S/c29-24(26-21-7-5-8-22(19-21)28-18-6-9-25(28)30)15-12-20-10-13-23(14-11-20)33(31,32)27-16-3-1-2-4-17-27/h5,7-8,10-11,13-14,19H,1-4,6,9,12,15-18H2,(H,26,29). The Hall–Kier alpha value is -2.71. The van der Waals surface area contributed by atoms with E-state index in [4.69, 9.17) is 0 Å². The van der Waals surface area contributed by atoms with Gasteiger partial charge in [-0.25, -0.2) is 8.42 Å². The summed E-state index contributed by atoms with van der Waals surface area (Å²) in [5.41, 5.74) is 2.38. The molecule has 0 bridgehead atoms. The molecule has 2 aromatic rings. The highest BCUT2D eigenvalue weighted by atomic mass is 32.2. The maximum atomic E-state index is 12.9. The molecule has 2 fully saturated rings. The number of amides is 2. The summed E-state index contributed by atoms with van der Waals surface area (Å²) in [6.45, 7) is 1.87. The third-order valence-corrected chi connectivity index (χ3v) is 8.19. The molecular weight excluding hydrogens is 438 g/mol. The van der Waals surface area contributed by atoms with E-state index < -0.39 is 10.0 Å². The third kappa shape index (κ3) is 5.81. The Bertz CT molecular complexity index is 1090. The van der Waals surface area contributed by atoms with Crippen LogP contribution in [0.2, 0.25) is 0 Å². The van der Waals surface area contributed by atoms with Crippen LogP contribution in [0.3, 0.4) is 0 Å². The average molecular weight is 470 g/mol. The van der Waals surface area contributed by atoms with Gasteiger partial charge in [0.2, 0.25) is 21.8 Å². The average Bonchev–Trinajstić information content (AvgIpc) is 3.06. The Morgan fingerprint density at radius 3 is 2.30 bits per heavy atom. The van der Waals surface area contributed by atoms with Crippen molar-refractivity contribution in [2.75, 3.05) is 29.9 Å². The fraction of sp³-hybridized carbons (Fsp3) is 0.440. The van der Waals surface area contributed by atoms with Crippen LogP contribution in [0.4, 0.5) is 11.4 Å². The number of benzene rings is 2. The van der Waals surface area contributed by atoms with Crippen molar-refractivity contribution in [3.05, 3.63) is 54.1 Å². The molecule has 2 saturated heterocycles. The number of anilines is 2. The molecule has 0 unspecified atom stereocenters. The zero-order valence-corrected chi connectivity index (χ0v) is 19.6. The second kappa shape index (κ2) is 10.5. The van der Waals surface area contributed by atoms with Crippen molar-refractivity contribution in [3.8, 4) is 0 Å². The number of carbonyl (C=O) groups excluding carboxylic acids is 2. The van der Waals surface area contributed by atoms with E-state index in [-0.39, 0.29) is 18.2 Å². The molecule has 0 saturated carbocycles. The Kier molecular flexibility index (Phi) is 7.45. The van der Waals surface area contributed by atoms with E-state index in [0.29, 0.717) is 43.1 Å². The molecular formula is C25H31N3O4S. The molecule has 0 aromatic heterocycles. The molecule has 2 aliphatic rings. The normalized spacial score (nSPS) is 17.7. The van der Waals surface area contributed by atoms with Crippen LogP contribution in [0, 0.1) is 0 Å². The first-order valence-electron chi connectivity index (χ1n) is 11.7. The van der Waals surface area contributed by atoms with E-state index in [1.54, 1.807) is 33.5 Å². The Labute approximate surface area is 195 Å². The summed E-state index contributed by atoms with van der Waals surface area (Å²) < 4.78 is 27.4. The lowest BCUT2D eigenvalue weighted by atomic mass is 10.1. The summed E-state index contributed by atoms with van der Waals surface area (Å²) in [6.07, 6.45) is 6.18. The molecule has 1 N–H and O–H groups in total. The zero-order valence-electron chi connectivity index (χ0n) is 18.8. The molecule has 0 radical (unpaired) electrons. The van der Waals surface area contributed by atoms with E-state index >= 15 is 0 Å². The van der Waals surface area contributed by atoms with E-state index in [2.05, 4.69) is 5.32 Å². The quantitative estimate of drug-likeness (QED) is 0.665. The highest BCUT2D eigenvalue weighted by Gasteiger charge is 2.25. The maximum Gasteiger partial charge on any atom is 0.243 e. The smallest absolute Gasteiger partial charge is 0.243 e.